The van der Waals surface area contributed by atoms with Crippen LogP contribution >= 0.6 is 0 Å². The molecule has 1 aromatic heterocycles. The van der Waals surface area contributed by atoms with E-state index in [4.69, 9.17) is 0 Å². The van der Waals surface area contributed by atoms with Crippen molar-refractivity contribution in [3.8, 4) is 0 Å². The highest BCUT2D eigenvalue weighted by atomic mass is 15.1. The quantitative estimate of drug-likeness (QED) is 0.274. The van der Waals surface area contributed by atoms with E-state index >= 15 is 0 Å². The van der Waals surface area contributed by atoms with Gasteiger partial charge < -0.3 is 0 Å². The second-order valence-corrected chi connectivity index (χ2v) is 6.98. The van der Waals surface area contributed by atoms with E-state index < -0.39 is 0 Å². The van der Waals surface area contributed by atoms with Gasteiger partial charge in [-0.05, 0) is 19.8 Å². The normalized spacial score (nSPS) is 11.3. The van der Waals surface area contributed by atoms with E-state index in [0.717, 1.165) is 6.54 Å². The highest BCUT2D eigenvalue weighted by molar-refractivity contribution is 4.83. The molecule has 2 nitrogen and oxygen atoms in total. The maximum absolute atomic E-state index is 2.46. The molecule has 1 aromatic rings. The second kappa shape index (κ2) is 13.6. The molecule has 0 radical (unpaired) electrons. The lowest BCUT2D eigenvalue weighted by atomic mass is 10.1. The monoisotopic (exact) mass is 321 g/mol. The number of imidazole rings is 1. The van der Waals surface area contributed by atoms with Crippen LogP contribution in [0, 0.1) is 0 Å². The van der Waals surface area contributed by atoms with Gasteiger partial charge in [-0.1, -0.05) is 78.1 Å². The van der Waals surface area contributed by atoms with Crippen molar-refractivity contribution in [2.24, 2.45) is 0 Å². The van der Waals surface area contributed by atoms with Gasteiger partial charge in [0.1, 0.15) is 12.4 Å². The summed E-state index contributed by atoms with van der Waals surface area (Å²) in [5.41, 5.74) is 0. The van der Waals surface area contributed by atoms with Gasteiger partial charge in [0, 0.05) is 6.42 Å². The first-order chi connectivity index (χ1) is 11.3. The van der Waals surface area contributed by atoms with Gasteiger partial charge in [-0.2, -0.15) is 0 Å². The largest absolute Gasteiger partial charge is 0.256 e. The van der Waals surface area contributed by atoms with Crippen molar-refractivity contribution >= 4 is 0 Å². The highest BCUT2D eigenvalue weighted by Crippen LogP contribution is 2.12. The van der Waals surface area contributed by atoms with Crippen LogP contribution in [0.3, 0.4) is 0 Å². The molecule has 0 aliphatic carbocycles. The Balaban J connectivity index is 2.05. The minimum atomic E-state index is 1.10. The van der Waals surface area contributed by atoms with Crippen molar-refractivity contribution in [1.82, 2.24) is 4.57 Å². The number of hydrogen-bond acceptors (Lipinski definition) is 0. The van der Waals surface area contributed by atoms with Crippen LogP contribution in [0.15, 0.2) is 12.4 Å². The van der Waals surface area contributed by atoms with Crippen LogP contribution in [0.4, 0.5) is 0 Å². The van der Waals surface area contributed by atoms with Gasteiger partial charge in [0.2, 0.25) is 0 Å². The zero-order valence-corrected chi connectivity index (χ0v) is 16.2. The smallest absolute Gasteiger partial charge is 0.235 e. The van der Waals surface area contributed by atoms with Crippen LogP contribution < -0.4 is 4.57 Å². The van der Waals surface area contributed by atoms with Gasteiger partial charge in [-0.25, -0.2) is 9.13 Å². The van der Waals surface area contributed by atoms with Crippen molar-refractivity contribution < 1.29 is 4.57 Å². The number of hydrogen-bond donors (Lipinski definition) is 0. The van der Waals surface area contributed by atoms with Crippen LogP contribution in [0.5, 0.6) is 0 Å². The molecule has 0 saturated heterocycles. The van der Waals surface area contributed by atoms with Gasteiger partial charge in [0.25, 0.3) is 5.82 Å². The molecule has 134 valence electrons. The molecule has 2 heteroatoms. The first-order valence-corrected chi connectivity index (χ1v) is 10.4. The van der Waals surface area contributed by atoms with Gasteiger partial charge >= 0.3 is 0 Å². The lowest BCUT2D eigenvalue weighted by molar-refractivity contribution is -0.703. The summed E-state index contributed by atoms with van der Waals surface area (Å²) < 4.78 is 4.88. The molecule has 0 amide bonds. The van der Waals surface area contributed by atoms with Crippen molar-refractivity contribution in [3.63, 3.8) is 0 Å². The predicted molar refractivity (Wildman–Crippen MR) is 101 cm³/mol. The number of rotatable bonds is 15. The van der Waals surface area contributed by atoms with Gasteiger partial charge in [0.05, 0.1) is 13.1 Å². The minimum Gasteiger partial charge on any atom is -0.235 e. The zero-order valence-electron chi connectivity index (χ0n) is 16.2. The predicted octanol–water partition coefficient (Wildman–Crippen LogP) is 6.06. The summed E-state index contributed by atoms with van der Waals surface area (Å²) in [6, 6.07) is 0. The summed E-state index contributed by atoms with van der Waals surface area (Å²) in [7, 11) is 0. The summed E-state index contributed by atoms with van der Waals surface area (Å²) in [5.74, 6) is 1.53. The first-order valence-electron chi connectivity index (χ1n) is 10.4. The van der Waals surface area contributed by atoms with E-state index in [1.165, 1.54) is 95.8 Å². The van der Waals surface area contributed by atoms with Crippen LogP contribution in [-0.2, 0) is 19.5 Å². The van der Waals surface area contributed by atoms with Crippen molar-refractivity contribution in [2.45, 2.75) is 117 Å². The summed E-state index contributed by atoms with van der Waals surface area (Å²) >= 11 is 0. The summed E-state index contributed by atoms with van der Waals surface area (Å²) in [4.78, 5) is 0. The number of unbranched alkanes of at least 4 members (excludes halogenated alkanes) is 10. The van der Waals surface area contributed by atoms with Gasteiger partial charge in [-0.15, -0.1) is 0 Å². The van der Waals surface area contributed by atoms with E-state index in [-0.39, 0.29) is 0 Å². The molecule has 0 spiro atoms. The number of aryl methyl sites for hydroxylation is 2. The molecule has 0 saturated carbocycles. The lowest BCUT2D eigenvalue weighted by Crippen LogP contribution is -2.37. The van der Waals surface area contributed by atoms with Crippen molar-refractivity contribution in [1.29, 1.82) is 0 Å². The molecule has 0 bridgehead atoms. The lowest BCUT2D eigenvalue weighted by Gasteiger charge is -2.04. The Morgan fingerprint density at radius 3 is 1.83 bits per heavy atom. The van der Waals surface area contributed by atoms with E-state index in [1.54, 1.807) is 0 Å². The second-order valence-electron chi connectivity index (χ2n) is 6.98. The third-order valence-corrected chi connectivity index (χ3v) is 4.90. The van der Waals surface area contributed by atoms with Crippen LogP contribution in [0.2, 0.25) is 0 Å². The Hall–Kier alpha value is -0.790. The van der Waals surface area contributed by atoms with Crippen molar-refractivity contribution in [2.75, 3.05) is 0 Å². The van der Waals surface area contributed by atoms with E-state index in [2.05, 4.69) is 42.3 Å². The van der Waals surface area contributed by atoms with Crippen LogP contribution in [0.1, 0.15) is 104 Å². The van der Waals surface area contributed by atoms with Crippen LogP contribution in [0.25, 0.3) is 0 Å². The Labute approximate surface area is 145 Å². The SMILES string of the molecule is CCCCCCCCCCCCCc1n(CC)cc[n+]1CCC. The van der Waals surface area contributed by atoms with E-state index in [0.29, 0.717) is 0 Å². The standard InChI is InChI=1S/C21H41N2/c1-4-7-8-9-10-11-12-13-14-15-16-17-21-22(6-3)19-20-23(21)18-5-2/h19-20H,4-18H2,1-3H3/q+1. The Kier molecular flexibility index (Phi) is 12.0. The zero-order chi connectivity index (χ0) is 16.8. The summed E-state index contributed by atoms with van der Waals surface area (Å²) in [5, 5.41) is 0. The molecule has 0 aliphatic rings. The maximum Gasteiger partial charge on any atom is 0.256 e. The molecule has 1 rings (SSSR count). The molecular formula is C21H41N2+. The first kappa shape index (κ1) is 20.3. The molecule has 0 aliphatic heterocycles. The fraction of sp³-hybridized carbons (Fsp3) is 0.857. The fourth-order valence-electron chi connectivity index (χ4n) is 3.46. The molecule has 0 unspecified atom stereocenters. The average Bonchev–Trinajstić information content (AvgIpc) is 2.95. The average molecular weight is 322 g/mol. The van der Waals surface area contributed by atoms with Gasteiger partial charge in [0.15, 0.2) is 0 Å². The minimum absolute atomic E-state index is 1.10. The Morgan fingerprint density at radius 2 is 1.30 bits per heavy atom. The highest BCUT2D eigenvalue weighted by Gasteiger charge is 2.14. The third-order valence-electron chi connectivity index (χ3n) is 4.90. The molecular weight excluding hydrogens is 280 g/mol. The fourth-order valence-corrected chi connectivity index (χ4v) is 3.46. The van der Waals surface area contributed by atoms with Crippen molar-refractivity contribution in [3.05, 3.63) is 18.2 Å². The number of aromatic nitrogens is 2. The topological polar surface area (TPSA) is 8.81 Å². The number of nitrogens with zero attached hydrogens (tertiary/aromatic N) is 2. The Bertz CT molecular complexity index is 381. The van der Waals surface area contributed by atoms with E-state index in [9.17, 15) is 0 Å². The van der Waals surface area contributed by atoms with Gasteiger partial charge in [-0.3, -0.25) is 0 Å². The molecule has 23 heavy (non-hydrogen) atoms. The van der Waals surface area contributed by atoms with Crippen LogP contribution in [-0.4, -0.2) is 4.57 Å². The maximum atomic E-state index is 2.46. The molecule has 0 N–H and O–H groups in total. The molecule has 1 heterocycles. The third kappa shape index (κ3) is 8.58. The molecule has 0 fully saturated rings. The van der Waals surface area contributed by atoms with E-state index in [1.807, 2.05) is 0 Å². The molecule has 0 aromatic carbocycles. The Morgan fingerprint density at radius 1 is 0.739 bits per heavy atom. The summed E-state index contributed by atoms with van der Waals surface area (Å²) in [6.45, 7) is 9.08. The molecule has 0 atom stereocenters. The summed E-state index contributed by atoms with van der Waals surface area (Å²) in [6.07, 6.45) is 22.7.